The van der Waals surface area contributed by atoms with Crippen LogP contribution >= 0.6 is 0 Å². The molecule has 0 aliphatic heterocycles. The molecule has 0 spiro atoms. The van der Waals surface area contributed by atoms with Gasteiger partial charge >= 0.3 is 17.9 Å². The van der Waals surface area contributed by atoms with Gasteiger partial charge in [0.2, 0.25) is 5.78 Å². The lowest BCUT2D eigenvalue weighted by molar-refractivity contribution is -0.220. The molecule has 4 aliphatic carbocycles. The highest BCUT2D eigenvalue weighted by Gasteiger charge is 2.75. The lowest BCUT2D eigenvalue weighted by atomic mass is 9.44. The fourth-order valence-corrected chi connectivity index (χ4v) is 12.7. The molecule has 0 unspecified atom stereocenters. The maximum atomic E-state index is 17.5. The number of alkyl halides is 1. The summed E-state index contributed by atoms with van der Waals surface area (Å²) >= 11 is 0. The normalized spacial score (nSPS) is 28.0. The third-order valence-electron chi connectivity index (χ3n) is 17.1. The summed E-state index contributed by atoms with van der Waals surface area (Å²) in [7, 11) is 0. The Morgan fingerprint density at radius 2 is 1.30 bits per heavy atom. The number of rotatable bonds is 37. The smallest absolute Gasteiger partial charge is 0.306 e. The van der Waals surface area contributed by atoms with E-state index in [-0.39, 0.29) is 43.7 Å². The van der Waals surface area contributed by atoms with E-state index in [1.807, 2.05) is 0 Å². The van der Waals surface area contributed by atoms with Crippen molar-refractivity contribution in [3.8, 4) is 0 Å². The summed E-state index contributed by atoms with van der Waals surface area (Å²) in [6, 6.07) is 0. The second kappa shape index (κ2) is 32.0. The van der Waals surface area contributed by atoms with Crippen molar-refractivity contribution in [3.05, 3.63) is 60.3 Å². The average molecular weight is 1020 g/mol. The Morgan fingerprint density at radius 3 is 1.97 bits per heavy atom. The number of ether oxygens (including phenoxy) is 3. The number of ketones is 2. The zero-order chi connectivity index (χ0) is 53.2. The van der Waals surface area contributed by atoms with Gasteiger partial charge in [0, 0.05) is 29.6 Å². The zero-order valence-electron chi connectivity index (χ0n) is 46.0. The number of aliphatic hydroxyl groups is 2. The molecule has 4 rings (SSSR count). The number of unbranched alkanes of at least 4 members (excludes halogenated alkanes) is 17. The number of carbonyl (C=O) groups is 5. The summed E-state index contributed by atoms with van der Waals surface area (Å²) in [5.74, 6) is -3.92. The van der Waals surface area contributed by atoms with Crippen LogP contribution in [0.2, 0.25) is 0 Å². The Kier molecular flexibility index (Phi) is 27.1. The predicted molar refractivity (Wildman–Crippen MR) is 288 cm³/mol. The predicted octanol–water partition coefficient (Wildman–Crippen LogP) is 14.1. The van der Waals surface area contributed by atoms with Crippen molar-refractivity contribution >= 4 is 29.5 Å². The van der Waals surface area contributed by atoms with E-state index < -0.39 is 70.3 Å². The standard InChI is InChI=1S/C62H97FO10/c1-6-8-10-12-13-14-15-16-17-18-19-22-25-28-32-36-58(69)73-51(34-30-11-9-7-2)35-31-27-24-21-20-23-26-29-33-43-71-56(67)39-40-57(68)72-47-55(66)62(70)48(3)44-53-52-38-37-49-45-50(64)41-42-59(49,4)61(52,63)54(65)46-60(53,62)5/h13-14,16-17,27,31,41-42,45,48,51-54,65,70H,6-12,15,18-26,28-30,32-40,43-44,46-47H2,1-5H3/b14-13-,17-16-,31-27-/t48-,51-,52+,53+,54+,59+,60+,61+,62+/m1/s1. The van der Waals surface area contributed by atoms with Gasteiger partial charge in [0.05, 0.1) is 25.6 Å². The summed E-state index contributed by atoms with van der Waals surface area (Å²) in [4.78, 5) is 63.8. The van der Waals surface area contributed by atoms with E-state index in [1.54, 1.807) is 26.8 Å². The molecule has 4 aliphatic rings. The van der Waals surface area contributed by atoms with Crippen LogP contribution in [-0.2, 0) is 38.2 Å². The van der Waals surface area contributed by atoms with Gasteiger partial charge in [-0.1, -0.05) is 153 Å². The van der Waals surface area contributed by atoms with Crippen LogP contribution in [0.3, 0.4) is 0 Å². The number of fused-ring (bicyclic) bond motifs is 5. The average Bonchev–Trinajstić information content (AvgIpc) is 3.56. The van der Waals surface area contributed by atoms with Gasteiger partial charge in [0.15, 0.2) is 18.1 Å². The molecule has 3 saturated carbocycles. The van der Waals surface area contributed by atoms with Crippen LogP contribution in [0.15, 0.2) is 60.3 Å². The van der Waals surface area contributed by atoms with Crippen molar-refractivity contribution < 1.29 is 52.8 Å². The van der Waals surface area contributed by atoms with E-state index in [0.717, 1.165) is 96.3 Å². The number of hydrogen-bond donors (Lipinski definition) is 2. The van der Waals surface area contributed by atoms with E-state index in [2.05, 4.69) is 50.3 Å². The molecule has 10 nitrogen and oxygen atoms in total. The van der Waals surface area contributed by atoms with Gasteiger partial charge in [-0.05, 0) is 127 Å². The molecule has 412 valence electrons. The van der Waals surface area contributed by atoms with E-state index in [4.69, 9.17) is 14.2 Å². The van der Waals surface area contributed by atoms with Crippen molar-refractivity contribution in [2.24, 2.45) is 28.6 Å². The third kappa shape index (κ3) is 17.7. The summed E-state index contributed by atoms with van der Waals surface area (Å²) in [5.41, 5.74) is -5.76. The van der Waals surface area contributed by atoms with Gasteiger partial charge in [-0.3, -0.25) is 24.0 Å². The summed E-state index contributed by atoms with van der Waals surface area (Å²) in [5, 5.41) is 23.7. The quantitative estimate of drug-likeness (QED) is 0.0266. The second-order valence-corrected chi connectivity index (χ2v) is 22.5. The lowest BCUT2D eigenvalue weighted by Gasteiger charge is -2.62. The minimum absolute atomic E-state index is 0.0501. The Morgan fingerprint density at radius 1 is 0.726 bits per heavy atom. The van der Waals surface area contributed by atoms with Crippen LogP contribution in [0.1, 0.15) is 234 Å². The number of hydrogen-bond acceptors (Lipinski definition) is 10. The van der Waals surface area contributed by atoms with E-state index in [0.29, 0.717) is 31.3 Å². The van der Waals surface area contributed by atoms with Gasteiger partial charge in [0.25, 0.3) is 0 Å². The first-order chi connectivity index (χ1) is 35.1. The first kappa shape index (κ1) is 61.8. The van der Waals surface area contributed by atoms with Crippen LogP contribution in [0.4, 0.5) is 4.39 Å². The molecule has 3 fully saturated rings. The highest BCUT2D eigenvalue weighted by Crippen LogP contribution is 2.70. The Balaban J connectivity index is 1.02. The number of halogens is 1. The van der Waals surface area contributed by atoms with E-state index in [9.17, 15) is 34.2 Å². The monoisotopic (exact) mass is 1020 g/mol. The number of carbonyl (C=O) groups excluding carboxylic acids is 5. The van der Waals surface area contributed by atoms with Crippen LogP contribution in [0, 0.1) is 28.6 Å². The molecule has 0 heterocycles. The van der Waals surface area contributed by atoms with E-state index in [1.165, 1.54) is 69.9 Å². The topological polar surface area (TPSA) is 154 Å². The molecule has 0 aromatic carbocycles. The van der Waals surface area contributed by atoms with Crippen LogP contribution in [0.25, 0.3) is 0 Å². The minimum Gasteiger partial charge on any atom is -0.466 e. The van der Waals surface area contributed by atoms with Gasteiger partial charge in [-0.15, -0.1) is 0 Å². The van der Waals surface area contributed by atoms with Crippen LogP contribution in [-0.4, -0.2) is 76.4 Å². The largest absolute Gasteiger partial charge is 0.466 e. The molecule has 9 atom stereocenters. The Labute approximate surface area is 439 Å². The van der Waals surface area contributed by atoms with Crippen molar-refractivity contribution in [1.29, 1.82) is 0 Å². The fourth-order valence-electron chi connectivity index (χ4n) is 12.7. The minimum atomic E-state index is -2.09. The molecular weight excluding hydrogens is 924 g/mol. The highest BCUT2D eigenvalue weighted by atomic mass is 19.1. The van der Waals surface area contributed by atoms with Crippen LogP contribution in [0.5, 0.6) is 0 Å². The van der Waals surface area contributed by atoms with Crippen LogP contribution < -0.4 is 0 Å². The van der Waals surface area contributed by atoms with Gasteiger partial charge < -0.3 is 24.4 Å². The molecule has 0 aromatic rings. The van der Waals surface area contributed by atoms with Gasteiger partial charge in [-0.2, -0.15) is 0 Å². The maximum absolute atomic E-state index is 17.5. The first-order valence-corrected chi connectivity index (χ1v) is 29.1. The molecule has 0 radical (unpaired) electrons. The summed E-state index contributed by atoms with van der Waals surface area (Å²) in [6.07, 6.45) is 43.5. The van der Waals surface area contributed by atoms with Crippen molar-refractivity contribution in [3.63, 3.8) is 0 Å². The van der Waals surface area contributed by atoms with E-state index >= 15 is 4.39 Å². The van der Waals surface area contributed by atoms with Gasteiger partial charge in [0.1, 0.15) is 11.7 Å². The summed E-state index contributed by atoms with van der Waals surface area (Å²) in [6.45, 7) is 9.22. The molecular formula is C62H97FO10. The molecule has 0 amide bonds. The SMILES string of the molecule is CCCCC/C=C\C/C=C\CCCCCCCC(=O)O[C@@H](C/C=C\CCCCCCCCOC(=O)CCC(=O)OCC(=O)[C@@]1(O)[C@H](C)C[C@H]2[C@@H]3CCC4=CC(=O)C=C[C@]4(C)[C@@]3(F)[C@@H](O)C[C@@]21C)CCCCCC. The Hall–Kier alpha value is -3.70. The first-order valence-electron chi connectivity index (χ1n) is 29.1. The molecule has 0 bridgehead atoms. The summed E-state index contributed by atoms with van der Waals surface area (Å²) < 4.78 is 34.1. The van der Waals surface area contributed by atoms with Gasteiger partial charge in [-0.25, -0.2) is 4.39 Å². The number of allylic oxidation sites excluding steroid dienone is 9. The fraction of sp³-hybridized carbons (Fsp3) is 0.758. The number of esters is 3. The maximum Gasteiger partial charge on any atom is 0.306 e. The lowest BCUT2D eigenvalue weighted by Crippen LogP contribution is -2.69. The molecule has 11 heteroatoms. The highest BCUT2D eigenvalue weighted by molar-refractivity contribution is 6.01. The molecule has 0 aromatic heterocycles. The Bertz CT molecular complexity index is 1880. The van der Waals surface area contributed by atoms with Crippen molar-refractivity contribution in [2.75, 3.05) is 13.2 Å². The van der Waals surface area contributed by atoms with Crippen molar-refractivity contribution in [2.45, 2.75) is 257 Å². The molecule has 73 heavy (non-hydrogen) atoms. The second-order valence-electron chi connectivity index (χ2n) is 22.5. The number of aliphatic hydroxyl groups excluding tert-OH is 1. The molecule has 2 N–H and O–H groups in total. The third-order valence-corrected chi connectivity index (χ3v) is 17.1. The van der Waals surface area contributed by atoms with Crippen molar-refractivity contribution in [1.82, 2.24) is 0 Å². The molecule has 0 saturated heterocycles. The number of Topliss-reactive ketones (excluding diaryl/α,β-unsaturated/α-hetero) is 1. The zero-order valence-corrected chi connectivity index (χ0v) is 46.0.